The van der Waals surface area contributed by atoms with Crippen molar-refractivity contribution in [3.05, 3.63) is 92.5 Å². The number of aryl methyl sites for hydroxylation is 2. The summed E-state index contributed by atoms with van der Waals surface area (Å²) < 4.78 is 5.75. The lowest BCUT2D eigenvalue weighted by molar-refractivity contribution is 0.0697. The fourth-order valence-corrected chi connectivity index (χ4v) is 3.31. The van der Waals surface area contributed by atoms with E-state index in [-0.39, 0.29) is 12.2 Å². The number of hydrogen-bond acceptors (Lipinski definition) is 3. The summed E-state index contributed by atoms with van der Waals surface area (Å²) in [5.74, 6) is -0.596. The van der Waals surface area contributed by atoms with Crippen LogP contribution in [-0.2, 0) is 6.61 Å². The minimum Gasteiger partial charge on any atom is -0.486 e. The molecule has 4 nitrogen and oxygen atoms in total. The quantitative estimate of drug-likeness (QED) is 0.448. The molecule has 0 bridgehead atoms. The van der Waals surface area contributed by atoms with E-state index in [9.17, 15) is 4.79 Å². The number of carboxylic acid groups (broad SMARTS) is 1. The highest BCUT2D eigenvalue weighted by atomic mass is 35.5. The van der Waals surface area contributed by atoms with Gasteiger partial charge in [-0.05, 0) is 66.4 Å². The lowest BCUT2D eigenvalue weighted by Gasteiger charge is -2.11. The highest BCUT2D eigenvalue weighted by Crippen LogP contribution is 2.34. The molecule has 0 aliphatic rings. The van der Waals surface area contributed by atoms with Crippen molar-refractivity contribution in [1.82, 2.24) is 0 Å². The van der Waals surface area contributed by atoms with Crippen molar-refractivity contribution in [1.29, 1.82) is 0 Å². The molecule has 1 N–H and O–H groups in total. The average Bonchev–Trinajstić information content (AvgIpc) is 2.68. The summed E-state index contributed by atoms with van der Waals surface area (Å²) in [4.78, 5) is 15.4. The van der Waals surface area contributed by atoms with Gasteiger partial charge in [0.1, 0.15) is 6.61 Å². The zero-order valence-electron chi connectivity index (χ0n) is 15.9. The fourth-order valence-electron chi connectivity index (χ4n) is 2.69. The molecule has 0 radical (unpaired) electrons. The van der Waals surface area contributed by atoms with Crippen molar-refractivity contribution in [3.63, 3.8) is 0 Å². The molecule has 3 aromatic carbocycles. The van der Waals surface area contributed by atoms with Crippen molar-refractivity contribution >= 4 is 41.1 Å². The number of aliphatic imine (C=N–C) groups is 1. The van der Waals surface area contributed by atoms with Crippen LogP contribution in [0.2, 0.25) is 10.0 Å². The second-order valence-corrected chi connectivity index (χ2v) is 7.47. The van der Waals surface area contributed by atoms with Gasteiger partial charge in [-0.1, -0.05) is 47.5 Å². The number of aromatic carboxylic acids is 1. The van der Waals surface area contributed by atoms with Crippen molar-refractivity contribution in [2.45, 2.75) is 20.5 Å². The van der Waals surface area contributed by atoms with Crippen LogP contribution in [0.5, 0.6) is 5.75 Å². The van der Waals surface area contributed by atoms with Gasteiger partial charge in [-0.2, -0.15) is 0 Å². The molecule has 0 unspecified atom stereocenters. The van der Waals surface area contributed by atoms with Gasteiger partial charge < -0.3 is 9.84 Å². The summed E-state index contributed by atoms with van der Waals surface area (Å²) >= 11 is 12.7. The van der Waals surface area contributed by atoms with Crippen LogP contribution < -0.4 is 4.74 Å². The number of hydrogen-bond donors (Lipinski definition) is 1. The van der Waals surface area contributed by atoms with Crippen LogP contribution in [0.1, 0.15) is 32.6 Å². The number of rotatable bonds is 6. The maximum Gasteiger partial charge on any atom is 0.335 e. The molecule has 0 atom stereocenters. The zero-order chi connectivity index (χ0) is 21.0. The van der Waals surface area contributed by atoms with Crippen molar-refractivity contribution in [2.75, 3.05) is 0 Å². The number of benzene rings is 3. The summed E-state index contributed by atoms with van der Waals surface area (Å²) in [6.07, 6.45) is 1.72. The Hall–Kier alpha value is -2.82. The van der Waals surface area contributed by atoms with Gasteiger partial charge in [0, 0.05) is 6.21 Å². The van der Waals surface area contributed by atoms with E-state index < -0.39 is 5.97 Å². The third-order valence-corrected chi connectivity index (χ3v) is 4.88. The largest absolute Gasteiger partial charge is 0.486 e. The number of carboxylic acids is 1. The molecule has 0 aromatic heterocycles. The van der Waals surface area contributed by atoms with E-state index in [1.54, 1.807) is 30.5 Å². The highest BCUT2D eigenvalue weighted by Gasteiger charge is 2.10. The smallest absolute Gasteiger partial charge is 0.335 e. The van der Waals surface area contributed by atoms with E-state index in [0.717, 1.165) is 27.9 Å². The second kappa shape index (κ2) is 9.12. The van der Waals surface area contributed by atoms with Crippen LogP contribution in [0.15, 0.2) is 59.6 Å². The van der Waals surface area contributed by atoms with Crippen LogP contribution in [0.3, 0.4) is 0 Å². The third kappa shape index (κ3) is 5.37. The van der Waals surface area contributed by atoms with Crippen molar-refractivity contribution in [2.24, 2.45) is 4.99 Å². The van der Waals surface area contributed by atoms with E-state index in [0.29, 0.717) is 15.8 Å². The predicted molar refractivity (Wildman–Crippen MR) is 117 cm³/mol. The van der Waals surface area contributed by atoms with Crippen LogP contribution in [-0.4, -0.2) is 17.3 Å². The Kier molecular flexibility index (Phi) is 6.57. The number of halogens is 2. The molecule has 3 rings (SSSR count). The lowest BCUT2D eigenvalue weighted by atomic mass is 10.1. The van der Waals surface area contributed by atoms with E-state index >= 15 is 0 Å². The van der Waals surface area contributed by atoms with Gasteiger partial charge in [-0.15, -0.1) is 0 Å². The van der Waals surface area contributed by atoms with Gasteiger partial charge in [0.2, 0.25) is 0 Å². The summed E-state index contributed by atoms with van der Waals surface area (Å²) in [6.45, 7) is 4.24. The second-order valence-electron chi connectivity index (χ2n) is 6.65. The zero-order valence-corrected chi connectivity index (χ0v) is 17.5. The molecule has 0 spiro atoms. The van der Waals surface area contributed by atoms with E-state index in [2.05, 4.69) is 4.99 Å². The Bertz CT molecular complexity index is 1050. The Balaban J connectivity index is 1.74. The molecule has 29 heavy (non-hydrogen) atoms. The Morgan fingerprint density at radius 1 is 1.03 bits per heavy atom. The van der Waals surface area contributed by atoms with Gasteiger partial charge in [-0.3, -0.25) is 4.99 Å². The minimum absolute atomic E-state index is 0.218. The molecule has 0 aliphatic heterocycles. The van der Waals surface area contributed by atoms with E-state index in [1.165, 1.54) is 12.1 Å². The molecule has 148 valence electrons. The lowest BCUT2D eigenvalue weighted by Crippen LogP contribution is -2.00. The molecule has 0 aliphatic carbocycles. The molecule has 6 heteroatoms. The average molecular weight is 428 g/mol. The van der Waals surface area contributed by atoms with Gasteiger partial charge in [0.25, 0.3) is 0 Å². The van der Waals surface area contributed by atoms with Crippen molar-refractivity contribution in [3.8, 4) is 5.75 Å². The Labute approximate surface area is 179 Å². The molecular weight excluding hydrogens is 409 g/mol. The topological polar surface area (TPSA) is 58.9 Å². The predicted octanol–water partition coefficient (Wildman–Crippen LogP) is 6.64. The standard InChI is InChI=1S/C23H19Cl2NO3/c1-14-3-4-15(2)21(9-14)26-12-17-10-19(24)22(20(25)11-17)29-13-16-5-7-18(8-6-16)23(27)28/h3-12H,13H2,1-2H3,(H,27,28). The number of ether oxygens (including phenoxy) is 1. The highest BCUT2D eigenvalue weighted by molar-refractivity contribution is 6.37. The summed E-state index contributed by atoms with van der Waals surface area (Å²) in [6, 6.07) is 16.0. The molecule has 3 aromatic rings. The molecule has 0 heterocycles. The number of nitrogens with zero attached hydrogens (tertiary/aromatic N) is 1. The summed E-state index contributed by atoms with van der Waals surface area (Å²) in [5, 5.41) is 9.70. The molecule has 0 saturated heterocycles. The van der Waals surface area contributed by atoms with Gasteiger partial charge in [-0.25, -0.2) is 4.79 Å². The minimum atomic E-state index is -0.971. The first-order valence-electron chi connectivity index (χ1n) is 8.89. The van der Waals surface area contributed by atoms with Gasteiger partial charge in [0.05, 0.1) is 21.3 Å². The maximum absolute atomic E-state index is 10.9. The van der Waals surface area contributed by atoms with E-state index in [4.69, 9.17) is 33.0 Å². The molecule has 0 fully saturated rings. The first-order chi connectivity index (χ1) is 13.8. The van der Waals surface area contributed by atoms with Crippen LogP contribution in [0.4, 0.5) is 5.69 Å². The maximum atomic E-state index is 10.9. The molecule has 0 saturated carbocycles. The fraction of sp³-hybridized carbons (Fsp3) is 0.130. The summed E-state index contributed by atoms with van der Waals surface area (Å²) in [5.41, 5.74) is 4.90. The third-order valence-electron chi connectivity index (χ3n) is 4.32. The monoisotopic (exact) mass is 427 g/mol. The van der Waals surface area contributed by atoms with Crippen LogP contribution in [0, 0.1) is 13.8 Å². The van der Waals surface area contributed by atoms with E-state index in [1.807, 2.05) is 32.0 Å². The Morgan fingerprint density at radius 3 is 2.31 bits per heavy atom. The molecule has 0 amide bonds. The number of carbonyl (C=O) groups is 1. The first-order valence-corrected chi connectivity index (χ1v) is 9.64. The summed E-state index contributed by atoms with van der Waals surface area (Å²) in [7, 11) is 0. The van der Waals surface area contributed by atoms with Crippen LogP contribution in [0.25, 0.3) is 0 Å². The van der Waals surface area contributed by atoms with Crippen molar-refractivity contribution < 1.29 is 14.6 Å². The van der Waals surface area contributed by atoms with Crippen LogP contribution >= 0.6 is 23.2 Å². The molecular formula is C23H19Cl2NO3. The Morgan fingerprint density at radius 2 is 1.69 bits per heavy atom. The first kappa shape index (κ1) is 20.9. The normalized spacial score (nSPS) is 11.0. The van der Waals surface area contributed by atoms with Gasteiger partial charge >= 0.3 is 5.97 Å². The van der Waals surface area contributed by atoms with Gasteiger partial charge in [0.15, 0.2) is 5.75 Å². The SMILES string of the molecule is Cc1ccc(C)c(N=Cc2cc(Cl)c(OCc3ccc(C(=O)O)cc3)c(Cl)c2)c1.